The van der Waals surface area contributed by atoms with Crippen LogP contribution in [0.4, 0.5) is 0 Å². The maximum absolute atomic E-state index is 13.1. The van der Waals surface area contributed by atoms with Crippen LogP contribution in [0.1, 0.15) is 40.9 Å². The highest BCUT2D eigenvalue weighted by Gasteiger charge is 2.21. The van der Waals surface area contributed by atoms with Crippen LogP contribution < -0.4 is 10.3 Å². The normalized spacial score (nSPS) is 15.7. The van der Waals surface area contributed by atoms with Crippen LogP contribution in [-0.4, -0.2) is 49.9 Å². The first-order valence-electron chi connectivity index (χ1n) is 12.3. The predicted molar refractivity (Wildman–Crippen MR) is 137 cm³/mol. The Morgan fingerprint density at radius 3 is 2.72 bits per heavy atom. The Hall–Kier alpha value is -3.56. The van der Waals surface area contributed by atoms with Crippen LogP contribution in [0.15, 0.2) is 47.3 Å². The SMILES string of the molecule is COc1ccc(CN(Cc2cc3cc(C)cc(C)c3[nH]c2=O)Cc2nnnn2CC2CCCO2)cc1. The van der Waals surface area contributed by atoms with E-state index < -0.39 is 0 Å². The smallest absolute Gasteiger partial charge is 0.252 e. The van der Waals surface area contributed by atoms with E-state index in [4.69, 9.17) is 9.47 Å². The van der Waals surface area contributed by atoms with E-state index in [2.05, 4.69) is 44.5 Å². The van der Waals surface area contributed by atoms with Crippen LogP contribution in [0.2, 0.25) is 0 Å². The van der Waals surface area contributed by atoms with Crippen LogP contribution in [0.5, 0.6) is 5.75 Å². The summed E-state index contributed by atoms with van der Waals surface area (Å²) in [6, 6.07) is 14.2. The van der Waals surface area contributed by atoms with Crippen LogP contribution in [0.3, 0.4) is 0 Å². The summed E-state index contributed by atoms with van der Waals surface area (Å²) in [4.78, 5) is 18.4. The van der Waals surface area contributed by atoms with Gasteiger partial charge >= 0.3 is 0 Å². The molecule has 188 valence electrons. The minimum Gasteiger partial charge on any atom is -0.497 e. The van der Waals surface area contributed by atoms with E-state index in [1.54, 1.807) is 7.11 Å². The van der Waals surface area contributed by atoms with Gasteiger partial charge in [-0.15, -0.1) is 5.10 Å². The lowest BCUT2D eigenvalue weighted by atomic mass is 10.0. The number of methoxy groups -OCH3 is 1. The number of hydrogen-bond donors (Lipinski definition) is 1. The summed E-state index contributed by atoms with van der Waals surface area (Å²) >= 11 is 0. The van der Waals surface area contributed by atoms with Crippen molar-refractivity contribution in [3.05, 3.63) is 80.9 Å². The molecule has 1 unspecified atom stereocenters. The van der Waals surface area contributed by atoms with Crippen molar-refractivity contribution < 1.29 is 9.47 Å². The number of pyridine rings is 1. The fourth-order valence-corrected chi connectivity index (χ4v) is 4.91. The molecular weight excluding hydrogens is 456 g/mol. The Kier molecular flexibility index (Phi) is 7.11. The van der Waals surface area contributed by atoms with E-state index in [9.17, 15) is 4.79 Å². The molecule has 0 amide bonds. The first-order chi connectivity index (χ1) is 17.5. The van der Waals surface area contributed by atoms with E-state index in [1.807, 2.05) is 41.9 Å². The summed E-state index contributed by atoms with van der Waals surface area (Å²) in [5.41, 5.74) is 4.86. The number of nitrogens with one attached hydrogen (secondary N) is 1. The van der Waals surface area contributed by atoms with Gasteiger partial charge in [0.2, 0.25) is 0 Å². The highest BCUT2D eigenvalue weighted by molar-refractivity contribution is 5.82. The number of rotatable bonds is 9. The number of fused-ring (bicyclic) bond motifs is 1. The molecule has 0 saturated carbocycles. The Morgan fingerprint density at radius 2 is 1.97 bits per heavy atom. The van der Waals surface area contributed by atoms with Crippen LogP contribution in [0, 0.1) is 13.8 Å². The fourth-order valence-electron chi connectivity index (χ4n) is 4.91. The standard InChI is InChI=1S/C27H32N6O3/c1-18-11-19(2)26-21(12-18)13-22(27(34)28-26)15-32(14-20-6-8-23(35-3)9-7-20)17-25-29-30-31-33(25)16-24-5-4-10-36-24/h6-9,11-13,24H,4-5,10,14-17H2,1-3H3,(H,28,34). The molecule has 1 fully saturated rings. The van der Waals surface area contributed by atoms with E-state index in [0.29, 0.717) is 31.7 Å². The van der Waals surface area contributed by atoms with Crippen molar-refractivity contribution in [1.29, 1.82) is 0 Å². The highest BCUT2D eigenvalue weighted by Crippen LogP contribution is 2.21. The first kappa shape index (κ1) is 24.1. The van der Waals surface area contributed by atoms with Gasteiger partial charge < -0.3 is 14.5 Å². The molecule has 1 saturated heterocycles. The van der Waals surface area contributed by atoms with Crippen molar-refractivity contribution in [1.82, 2.24) is 30.1 Å². The number of aryl methyl sites for hydroxylation is 2. The summed E-state index contributed by atoms with van der Waals surface area (Å²) in [7, 11) is 1.66. The van der Waals surface area contributed by atoms with Crippen molar-refractivity contribution >= 4 is 10.9 Å². The molecule has 0 spiro atoms. The third-order valence-electron chi connectivity index (χ3n) is 6.70. The van der Waals surface area contributed by atoms with Crippen molar-refractivity contribution in [3.63, 3.8) is 0 Å². The lowest BCUT2D eigenvalue weighted by Crippen LogP contribution is -2.29. The van der Waals surface area contributed by atoms with E-state index in [1.165, 1.54) is 5.56 Å². The molecule has 0 bridgehead atoms. The molecule has 2 aromatic heterocycles. The Labute approximate surface area is 210 Å². The quantitative estimate of drug-likeness (QED) is 0.385. The number of nitrogens with zero attached hydrogens (tertiary/aromatic N) is 5. The second kappa shape index (κ2) is 10.6. The minimum atomic E-state index is -0.0758. The number of ether oxygens (including phenoxy) is 2. The minimum absolute atomic E-state index is 0.0758. The number of hydrogen-bond acceptors (Lipinski definition) is 7. The van der Waals surface area contributed by atoms with E-state index >= 15 is 0 Å². The number of H-pyrrole nitrogens is 1. The molecule has 1 atom stereocenters. The zero-order valence-electron chi connectivity index (χ0n) is 21.0. The maximum atomic E-state index is 13.1. The topological polar surface area (TPSA) is 98.2 Å². The summed E-state index contributed by atoms with van der Waals surface area (Å²) in [5.74, 6) is 1.56. The molecular formula is C27H32N6O3. The molecule has 5 rings (SSSR count). The van der Waals surface area contributed by atoms with Crippen LogP contribution >= 0.6 is 0 Å². The third-order valence-corrected chi connectivity index (χ3v) is 6.70. The monoisotopic (exact) mass is 488 g/mol. The highest BCUT2D eigenvalue weighted by atomic mass is 16.5. The Morgan fingerprint density at radius 1 is 1.14 bits per heavy atom. The zero-order chi connectivity index (χ0) is 25.1. The van der Waals surface area contributed by atoms with Gasteiger partial charge in [-0.1, -0.05) is 23.8 Å². The molecule has 1 aliphatic heterocycles. The molecule has 4 aromatic rings. The van der Waals surface area contributed by atoms with Crippen molar-refractivity contribution in [2.24, 2.45) is 0 Å². The van der Waals surface area contributed by atoms with Crippen molar-refractivity contribution in [2.75, 3.05) is 13.7 Å². The van der Waals surface area contributed by atoms with Crippen LogP contribution in [-0.2, 0) is 30.9 Å². The molecule has 1 N–H and O–H groups in total. The van der Waals surface area contributed by atoms with Gasteiger partial charge in [0, 0.05) is 25.3 Å². The number of tetrazole rings is 1. The number of aromatic amines is 1. The third kappa shape index (κ3) is 5.47. The van der Waals surface area contributed by atoms with E-state index in [0.717, 1.165) is 53.1 Å². The molecule has 2 aromatic carbocycles. The van der Waals surface area contributed by atoms with Gasteiger partial charge in [-0.05, 0) is 77.9 Å². The first-order valence-corrected chi connectivity index (χ1v) is 12.3. The lowest BCUT2D eigenvalue weighted by Gasteiger charge is -2.22. The van der Waals surface area contributed by atoms with Gasteiger partial charge in [0.15, 0.2) is 5.82 Å². The fraction of sp³-hybridized carbons (Fsp3) is 0.407. The van der Waals surface area contributed by atoms with Gasteiger partial charge in [0.05, 0.1) is 31.8 Å². The van der Waals surface area contributed by atoms with Gasteiger partial charge in [0.1, 0.15) is 5.75 Å². The summed E-state index contributed by atoms with van der Waals surface area (Å²) in [6.07, 6.45) is 2.22. The van der Waals surface area contributed by atoms with Gasteiger partial charge in [-0.3, -0.25) is 9.69 Å². The summed E-state index contributed by atoms with van der Waals surface area (Å²) in [6.45, 7) is 7.09. The second-order valence-electron chi connectivity index (χ2n) is 9.58. The number of aromatic nitrogens is 5. The molecule has 9 nitrogen and oxygen atoms in total. The molecule has 1 aliphatic rings. The largest absolute Gasteiger partial charge is 0.497 e. The van der Waals surface area contributed by atoms with E-state index in [-0.39, 0.29) is 11.7 Å². The molecule has 36 heavy (non-hydrogen) atoms. The molecule has 9 heteroatoms. The van der Waals surface area contributed by atoms with Gasteiger partial charge in [-0.25, -0.2) is 4.68 Å². The average Bonchev–Trinajstić information content (AvgIpc) is 3.53. The maximum Gasteiger partial charge on any atom is 0.252 e. The summed E-state index contributed by atoms with van der Waals surface area (Å²) in [5, 5.41) is 13.5. The number of benzene rings is 2. The Balaban J connectivity index is 1.44. The van der Waals surface area contributed by atoms with Gasteiger partial charge in [0.25, 0.3) is 5.56 Å². The van der Waals surface area contributed by atoms with Crippen molar-refractivity contribution in [2.45, 2.75) is 59.0 Å². The molecule has 0 radical (unpaired) electrons. The van der Waals surface area contributed by atoms with Crippen molar-refractivity contribution in [3.8, 4) is 5.75 Å². The lowest BCUT2D eigenvalue weighted by molar-refractivity contribution is 0.0914. The summed E-state index contributed by atoms with van der Waals surface area (Å²) < 4.78 is 12.9. The zero-order valence-corrected chi connectivity index (χ0v) is 21.0. The van der Waals surface area contributed by atoms with Crippen LogP contribution in [0.25, 0.3) is 10.9 Å². The molecule has 0 aliphatic carbocycles. The predicted octanol–water partition coefficient (Wildman–Crippen LogP) is 3.52. The Bertz CT molecular complexity index is 1390. The average molecular weight is 489 g/mol. The molecule has 3 heterocycles. The van der Waals surface area contributed by atoms with Gasteiger partial charge in [-0.2, -0.15) is 0 Å². The second-order valence-corrected chi connectivity index (χ2v) is 9.58.